The molecular formula is C11H9ClN4O4S2. The van der Waals surface area contributed by atoms with Gasteiger partial charge in [-0.15, -0.1) is 16.4 Å². The van der Waals surface area contributed by atoms with E-state index < -0.39 is 21.3 Å². The summed E-state index contributed by atoms with van der Waals surface area (Å²) in [5.74, 6) is 0. The van der Waals surface area contributed by atoms with E-state index in [9.17, 15) is 18.0 Å². The van der Waals surface area contributed by atoms with Crippen LogP contribution in [0.25, 0.3) is 11.0 Å². The Hall–Kier alpha value is -1.91. The molecule has 0 fully saturated rings. The van der Waals surface area contributed by atoms with Crippen LogP contribution >= 0.6 is 22.9 Å². The third-order valence-electron chi connectivity index (χ3n) is 3.15. The fourth-order valence-corrected chi connectivity index (χ4v) is 4.66. The first kappa shape index (κ1) is 15.0. The molecule has 3 heterocycles. The predicted octanol–water partition coefficient (Wildman–Crippen LogP) is 0.386. The number of thiophene rings is 1. The molecule has 11 heteroatoms. The Morgan fingerprint density at radius 1 is 1.18 bits per heavy atom. The molecule has 0 saturated carbocycles. The zero-order valence-corrected chi connectivity index (χ0v) is 13.7. The lowest BCUT2D eigenvalue weighted by atomic mass is 10.4. The van der Waals surface area contributed by atoms with Gasteiger partial charge in [-0.05, 0) is 12.1 Å². The number of rotatable bonds is 2. The molecule has 0 amide bonds. The SMILES string of the molecule is Cn1c(=O)c2cn(S(=O)(=O)c3ccc(Cl)s3)nc2n(C)c1=O. The van der Waals surface area contributed by atoms with Gasteiger partial charge in [-0.3, -0.25) is 13.9 Å². The first-order valence-corrected chi connectivity index (χ1v) is 8.53. The lowest BCUT2D eigenvalue weighted by molar-refractivity contribution is 0.582. The molecular weight excluding hydrogens is 352 g/mol. The van der Waals surface area contributed by atoms with Crippen molar-refractivity contribution in [2.75, 3.05) is 0 Å². The summed E-state index contributed by atoms with van der Waals surface area (Å²) in [6.45, 7) is 0. The maximum atomic E-state index is 12.5. The van der Waals surface area contributed by atoms with Gasteiger partial charge in [-0.25, -0.2) is 4.79 Å². The molecule has 8 nitrogen and oxygen atoms in total. The van der Waals surface area contributed by atoms with Crippen LogP contribution in [-0.2, 0) is 24.1 Å². The minimum atomic E-state index is -3.96. The van der Waals surface area contributed by atoms with E-state index in [1.807, 2.05) is 0 Å². The predicted molar refractivity (Wildman–Crippen MR) is 82.1 cm³/mol. The van der Waals surface area contributed by atoms with Gasteiger partial charge >= 0.3 is 5.69 Å². The van der Waals surface area contributed by atoms with E-state index in [1.54, 1.807) is 0 Å². The molecule has 0 aliphatic heterocycles. The van der Waals surface area contributed by atoms with Crippen molar-refractivity contribution >= 4 is 44.0 Å². The largest absolute Gasteiger partial charge is 0.332 e. The smallest absolute Gasteiger partial charge is 0.279 e. The Morgan fingerprint density at radius 3 is 2.45 bits per heavy atom. The van der Waals surface area contributed by atoms with Gasteiger partial charge in [0.1, 0.15) is 9.60 Å². The topological polar surface area (TPSA) is 96.0 Å². The second-order valence-electron chi connectivity index (χ2n) is 4.51. The monoisotopic (exact) mass is 360 g/mol. The van der Waals surface area contributed by atoms with Crippen molar-refractivity contribution in [2.45, 2.75) is 4.21 Å². The molecule has 3 rings (SSSR count). The Balaban J connectivity index is 2.35. The van der Waals surface area contributed by atoms with E-state index in [0.717, 1.165) is 26.7 Å². The summed E-state index contributed by atoms with van der Waals surface area (Å²) in [6.07, 6.45) is 1.10. The van der Waals surface area contributed by atoms with Crippen molar-refractivity contribution in [1.29, 1.82) is 0 Å². The molecule has 0 N–H and O–H groups in total. The van der Waals surface area contributed by atoms with Crippen LogP contribution in [0.5, 0.6) is 0 Å². The van der Waals surface area contributed by atoms with E-state index in [4.69, 9.17) is 11.6 Å². The average molecular weight is 361 g/mol. The number of aryl methyl sites for hydroxylation is 1. The average Bonchev–Trinajstić information content (AvgIpc) is 3.09. The van der Waals surface area contributed by atoms with Crippen molar-refractivity contribution in [1.82, 2.24) is 18.3 Å². The molecule has 116 valence electrons. The van der Waals surface area contributed by atoms with Crippen LogP contribution in [0, 0.1) is 0 Å². The number of hydrogen-bond donors (Lipinski definition) is 0. The van der Waals surface area contributed by atoms with Gasteiger partial charge < -0.3 is 0 Å². The van der Waals surface area contributed by atoms with Gasteiger partial charge in [0.05, 0.1) is 10.5 Å². The molecule has 3 aromatic heterocycles. The van der Waals surface area contributed by atoms with Crippen LogP contribution < -0.4 is 11.2 Å². The van der Waals surface area contributed by atoms with Crippen LogP contribution in [0.1, 0.15) is 0 Å². The second-order valence-corrected chi connectivity index (χ2v) is 8.25. The summed E-state index contributed by atoms with van der Waals surface area (Å²) >= 11 is 6.63. The Labute approximate surface area is 132 Å². The van der Waals surface area contributed by atoms with Crippen molar-refractivity contribution in [3.05, 3.63) is 43.5 Å². The molecule has 22 heavy (non-hydrogen) atoms. The summed E-state index contributed by atoms with van der Waals surface area (Å²) in [5.41, 5.74) is -1.19. The van der Waals surface area contributed by atoms with E-state index >= 15 is 0 Å². The maximum Gasteiger partial charge on any atom is 0.332 e. The third-order valence-corrected chi connectivity index (χ3v) is 6.38. The highest BCUT2D eigenvalue weighted by atomic mass is 35.5. The molecule has 0 atom stereocenters. The number of aromatic nitrogens is 4. The lowest BCUT2D eigenvalue weighted by Gasteiger charge is -2.01. The van der Waals surface area contributed by atoms with Gasteiger partial charge in [0.15, 0.2) is 5.65 Å². The molecule has 0 radical (unpaired) electrons. The van der Waals surface area contributed by atoms with Gasteiger partial charge in [0.2, 0.25) is 0 Å². The number of nitrogens with zero attached hydrogens (tertiary/aromatic N) is 4. The summed E-state index contributed by atoms with van der Waals surface area (Å²) in [7, 11) is -1.24. The summed E-state index contributed by atoms with van der Waals surface area (Å²) < 4.78 is 27.9. The molecule has 0 bridgehead atoms. The van der Waals surface area contributed by atoms with Crippen LogP contribution in [0.2, 0.25) is 4.34 Å². The van der Waals surface area contributed by atoms with Crippen LogP contribution in [0.4, 0.5) is 0 Å². The molecule has 0 aliphatic carbocycles. The Morgan fingerprint density at radius 2 is 1.86 bits per heavy atom. The van der Waals surface area contributed by atoms with E-state index in [1.165, 1.54) is 26.2 Å². The van der Waals surface area contributed by atoms with Gasteiger partial charge in [0.25, 0.3) is 15.6 Å². The molecule has 0 aliphatic rings. The zero-order chi connectivity index (χ0) is 16.2. The van der Waals surface area contributed by atoms with Crippen LogP contribution in [-0.4, -0.2) is 26.7 Å². The normalized spacial score (nSPS) is 12.1. The Bertz CT molecular complexity index is 1120. The summed E-state index contributed by atoms with van der Waals surface area (Å²) in [4.78, 5) is 23.9. The fourth-order valence-electron chi connectivity index (χ4n) is 1.98. The van der Waals surface area contributed by atoms with Crippen molar-refractivity contribution in [2.24, 2.45) is 14.1 Å². The maximum absolute atomic E-state index is 12.5. The zero-order valence-electron chi connectivity index (χ0n) is 11.3. The highest BCUT2D eigenvalue weighted by Crippen LogP contribution is 2.27. The highest BCUT2D eigenvalue weighted by Gasteiger charge is 2.23. The first-order chi connectivity index (χ1) is 10.2. The minimum absolute atomic E-state index is 0.000622. The molecule has 3 aromatic rings. The third kappa shape index (κ3) is 2.02. The van der Waals surface area contributed by atoms with Crippen LogP contribution in [0.3, 0.4) is 0 Å². The lowest BCUT2D eigenvalue weighted by Crippen LogP contribution is -2.36. The summed E-state index contributed by atoms with van der Waals surface area (Å²) in [6, 6.07) is 2.81. The molecule has 0 unspecified atom stereocenters. The van der Waals surface area contributed by atoms with Crippen molar-refractivity contribution in [3.8, 4) is 0 Å². The number of halogens is 1. The van der Waals surface area contributed by atoms with E-state index in [0.29, 0.717) is 8.42 Å². The standard InChI is InChI=1S/C11H9ClN4O4S2/c1-14-9-6(10(17)15(2)11(14)18)5-16(13-9)22(19,20)8-4-3-7(12)21-8/h3-5H,1-2H3. The quantitative estimate of drug-likeness (QED) is 0.658. The molecule has 0 spiro atoms. The number of hydrogen-bond acceptors (Lipinski definition) is 6. The van der Waals surface area contributed by atoms with Gasteiger partial charge in [-0.2, -0.15) is 12.5 Å². The van der Waals surface area contributed by atoms with Crippen LogP contribution in [0.15, 0.2) is 32.1 Å². The molecule has 0 aromatic carbocycles. The first-order valence-electron chi connectivity index (χ1n) is 5.90. The van der Waals surface area contributed by atoms with Gasteiger partial charge in [0, 0.05) is 14.1 Å². The fraction of sp³-hybridized carbons (Fsp3) is 0.182. The Kier molecular flexibility index (Phi) is 3.27. The van der Waals surface area contributed by atoms with E-state index in [2.05, 4.69) is 5.10 Å². The molecule has 0 saturated heterocycles. The van der Waals surface area contributed by atoms with E-state index in [-0.39, 0.29) is 15.2 Å². The summed E-state index contributed by atoms with van der Waals surface area (Å²) in [5, 5.41) is 3.91. The highest BCUT2D eigenvalue weighted by molar-refractivity contribution is 7.92. The van der Waals surface area contributed by atoms with Gasteiger partial charge in [-0.1, -0.05) is 11.6 Å². The van der Waals surface area contributed by atoms with Crippen molar-refractivity contribution < 1.29 is 8.42 Å². The second kappa shape index (κ2) is 4.80. The number of fused-ring (bicyclic) bond motifs is 1. The minimum Gasteiger partial charge on any atom is -0.279 e. The van der Waals surface area contributed by atoms with Crippen molar-refractivity contribution in [3.63, 3.8) is 0 Å².